The molecular formula is C23H28N4O2. The van der Waals surface area contributed by atoms with Crippen LogP contribution in [0.1, 0.15) is 43.1 Å². The zero-order valence-electron chi connectivity index (χ0n) is 16.9. The highest BCUT2D eigenvalue weighted by Gasteiger charge is 2.20. The molecule has 1 aliphatic heterocycles. The molecule has 0 aliphatic carbocycles. The van der Waals surface area contributed by atoms with Gasteiger partial charge >= 0.3 is 0 Å². The Balaban J connectivity index is 1.44. The van der Waals surface area contributed by atoms with Crippen molar-refractivity contribution in [2.24, 2.45) is 0 Å². The molecule has 0 radical (unpaired) electrons. The zero-order chi connectivity index (χ0) is 20.1. The number of amides is 1. The molecule has 29 heavy (non-hydrogen) atoms. The van der Waals surface area contributed by atoms with E-state index in [1.54, 1.807) is 17.0 Å². The minimum absolute atomic E-state index is 0.120. The summed E-state index contributed by atoms with van der Waals surface area (Å²) in [6, 6.07) is 15.8. The van der Waals surface area contributed by atoms with Crippen molar-refractivity contribution in [3.8, 4) is 17.1 Å². The van der Waals surface area contributed by atoms with E-state index in [1.165, 1.54) is 25.8 Å². The Labute approximate surface area is 171 Å². The minimum atomic E-state index is -0.120. The van der Waals surface area contributed by atoms with Gasteiger partial charge in [-0.25, -0.2) is 4.68 Å². The number of hydrogen-bond donors (Lipinski definition) is 1. The quantitative estimate of drug-likeness (QED) is 0.614. The molecule has 3 aromatic rings. The molecule has 1 N–H and O–H groups in total. The van der Waals surface area contributed by atoms with Gasteiger partial charge in [0.05, 0.1) is 12.0 Å². The molecule has 1 aromatic carbocycles. The topological polar surface area (TPSA) is 63.3 Å². The summed E-state index contributed by atoms with van der Waals surface area (Å²) in [6.07, 6.45) is 6.44. The number of aromatic nitrogens is 2. The molecule has 1 atom stereocenters. The lowest BCUT2D eigenvalue weighted by atomic mass is 10.0. The van der Waals surface area contributed by atoms with Crippen LogP contribution in [0.2, 0.25) is 0 Å². The van der Waals surface area contributed by atoms with Gasteiger partial charge in [0, 0.05) is 25.2 Å². The first-order chi connectivity index (χ1) is 14.2. The van der Waals surface area contributed by atoms with E-state index in [-0.39, 0.29) is 5.91 Å². The van der Waals surface area contributed by atoms with E-state index in [4.69, 9.17) is 4.42 Å². The van der Waals surface area contributed by atoms with Gasteiger partial charge in [0.1, 0.15) is 11.4 Å². The highest BCUT2D eigenvalue weighted by molar-refractivity contribution is 5.94. The van der Waals surface area contributed by atoms with Gasteiger partial charge in [0.2, 0.25) is 0 Å². The molecule has 3 heterocycles. The first-order valence-corrected chi connectivity index (χ1v) is 10.4. The summed E-state index contributed by atoms with van der Waals surface area (Å²) in [4.78, 5) is 15.4. The van der Waals surface area contributed by atoms with Gasteiger partial charge < -0.3 is 14.6 Å². The summed E-state index contributed by atoms with van der Waals surface area (Å²) in [5, 5.41) is 7.67. The zero-order valence-corrected chi connectivity index (χ0v) is 16.9. The van der Waals surface area contributed by atoms with Crippen LogP contribution in [-0.2, 0) is 0 Å². The smallest absolute Gasteiger partial charge is 0.270 e. The molecule has 1 fully saturated rings. The summed E-state index contributed by atoms with van der Waals surface area (Å²) in [7, 11) is 0. The third-order valence-corrected chi connectivity index (χ3v) is 5.56. The maximum absolute atomic E-state index is 12.9. The SMILES string of the molecule is CC1CCCCN1CCCNC(=O)c1cc(-c2ccco2)nn1-c1ccccc1. The third-order valence-electron chi connectivity index (χ3n) is 5.56. The Bertz CT molecular complexity index is 918. The predicted molar refractivity (Wildman–Crippen MR) is 113 cm³/mol. The van der Waals surface area contributed by atoms with Crippen LogP contribution < -0.4 is 5.32 Å². The number of benzene rings is 1. The predicted octanol–water partition coefficient (Wildman–Crippen LogP) is 4.13. The number of carbonyl (C=O) groups is 1. The number of carbonyl (C=O) groups excluding carboxylic acids is 1. The Morgan fingerprint density at radius 3 is 2.83 bits per heavy atom. The number of rotatable bonds is 7. The summed E-state index contributed by atoms with van der Waals surface area (Å²) in [6.45, 7) is 5.14. The molecular weight excluding hydrogens is 364 g/mol. The van der Waals surface area contributed by atoms with E-state index in [9.17, 15) is 4.79 Å². The highest BCUT2D eigenvalue weighted by atomic mass is 16.3. The summed E-state index contributed by atoms with van der Waals surface area (Å²) < 4.78 is 7.15. The second-order valence-corrected chi connectivity index (χ2v) is 7.63. The lowest BCUT2D eigenvalue weighted by Gasteiger charge is -2.33. The van der Waals surface area contributed by atoms with Crippen molar-refractivity contribution in [1.82, 2.24) is 20.0 Å². The van der Waals surface area contributed by atoms with Gasteiger partial charge in [-0.3, -0.25) is 4.79 Å². The lowest BCUT2D eigenvalue weighted by molar-refractivity contribution is 0.0941. The van der Waals surface area contributed by atoms with Crippen LogP contribution >= 0.6 is 0 Å². The van der Waals surface area contributed by atoms with Crippen LogP contribution in [-0.4, -0.2) is 46.3 Å². The normalized spacial score (nSPS) is 17.3. The Kier molecular flexibility index (Phi) is 6.10. The summed E-state index contributed by atoms with van der Waals surface area (Å²) in [5.74, 6) is 0.527. The number of nitrogens with zero attached hydrogens (tertiary/aromatic N) is 3. The van der Waals surface area contributed by atoms with E-state index in [0.717, 1.165) is 18.7 Å². The molecule has 0 spiro atoms. The fourth-order valence-electron chi connectivity index (χ4n) is 3.92. The second kappa shape index (κ2) is 9.09. The average Bonchev–Trinajstić information content (AvgIpc) is 3.43. The number of nitrogens with one attached hydrogen (secondary N) is 1. The van der Waals surface area contributed by atoms with Crippen molar-refractivity contribution in [3.63, 3.8) is 0 Å². The molecule has 1 saturated heterocycles. The molecule has 1 amide bonds. The standard InChI is InChI=1S/C23H28N4O2/c1-18-9-5-6-14-26(18)15-8-13-24-23(28)21-17-20(22-12-7-16-29-22)25-27(21)19-10-3-2-4-11-19/h2-4,7,10-12,16-18H,5-6,8-9,13-15H2,1H3,(H,24,28). The largest absolute Gasteiger partial charge is 0.463 e. The Morgan fingerprint density at radius 1 is 1.21 bits per heavy atom. The fraction of sp³-hybridized carbons (Fsp3) is 0.391. The van der Waals surface area contributed by atoms with E-state index < -0.39 is 0 Å². The van der Waals surface area contributed by atoms with E-state index in [2.05, 4.69) is 22.2 Å². The van der Waals surface area contributed by atoms with Crippen LogP contribution in [0.3, 0.4) is 0 Å². The number of hydrogen-bond acceptors (Lipinski definition) is 4. The monoisotopic (exact) mass is 392 g/mol. The average molecular weight is 393 g/mol. The molecule has 4 rings (SSSR count). The van der Waals surface area contributed by atoms with Crippen molar-refractivity contribution in [2.45, 2.75) is 38.6 Å². The fourth-order valence-corrected chi connectivity index (χ4v) is 3.92. The Morgan fingerprint density at radius 2 is 2.07 bits per heavy atom. The van der Waals surface area contributed by atoms with E-state index in [1.807, 2.05) is 42.5 Å². The van der Waals surface area contributed by atoms with Crippen molar-refractivity contribution in [3.05, 3.63) is 60.5 Å². The van der Waals surface area contributed by atoms with Crippen LogP contribution in [0.5, 0.6) is 0 Å². The van der Waals surface area contributed by atoms with E-state index in [0.29, 0.717) is 29.7 Å². The molecule has 0 saturated carbocycles. The molecule has 1 unspecified atom stereocenters. The van der Waals surface area contributed by atoms with Crippen LogP contribution in [0.15, 0.2) is 59.2 Å². The molecule has 152 valence electrons. The number of furan rings is 1. The van der Waals surface area contributed by atoms with Crippen LogP contribution in [0, 0.1) is 0 Å². The minimum Gasteiger partial charge on any atom is -0.463 e. The van der Waals surface area contributed by atoms with Gasteiger partial charge in [-0.15, -0.1) is 0 Å². The Hall–Kier alpha value is -2.86. The molecule has 6 nitrogen and oxygen atoms in total. The van der Waals surface area contributed by atoms with Gasteiger partial charge in [0.15, 0.2) is 5.76 Å². The molecule has 6 heteroatoms. The number of likely N-dealkylation sites (tertiary alicyclic amines) is 1. The van der Waals surface area contributed by atoms with Crippen molar-refractivity contribution in [1.29, 1.82) is 0 Å². The molecule has 1 aliphatic rings. The van der Waals surface area contributed by atoms with E-state index >= 15 is 0 Å². The summed E-state index contributed by atoms with van der Waals surface area (Å²) in [5.41, 5.74) is 2.00. The van der Waals surface area contributed by atoms with Crippen molar-refractivity contribution >= 4 is 5.91 Å². The third kappa shape index (κ3) is 4.59. The highest BCUT2D eigenvalue weighted by Crippen LogP contribution is 2.22. The second-order valence-electron chi connectivity index (χ2n) is 7.63. The van der Waals surface area contributed by atoms with Crippen molar-refractivity contribution in [2.75, 3.05) is 19.6 Å². The maximum Gasteiger partial charge on any atom is 0.270 e. The number of para-hydroxylation sites is 1. The van der Waals surface area contributed by atoms with Gasteiger partial charge in [-0.2, -0.15) is 5.10 Å². The van der Waals surface area contributed by atoms with Crippen LogP contribution in [0.4, 0.5) is 0 Å². The van der Waals surface area contributed by atoms with Crippen molar-refractivity contribution < 1.29 is 9.21 Å². The van der Waals surface area contributed by atoms with Gasteiger partial charge in [-0.05, 0) is 57.0 Å². The maximum atomic E-state index is 12.9. The lowest BCUT2D eigenvalue weighted by Crippen LogP contribution is -2.39. The molecule has 0 bridgehead atoms. The first kappa shape index (κ1) is 19.5. The van der Waals surface area contributed by atoms with Gasteiger partial charge in [-0.1, -0.05) is 24.6 Å². The first-order valence-electron chi connectivity index (χ1n) is 10.4. The van der Waals surface area contributed by atoms with Gasteiger partial charge in [0.25, 0.3) is 5.91 Å². The number of piperidine rings is 1. The summed E-state index contributed by atoms with van der Waals surface area (Å²) >= 11 is 0. The molecule has 2 aromatic heterocycles. The van der Waals surface area contributed by atoms with Crippen LogP contribution in [0.25, 0.3) is 17.1 Å².